The second-order valence-corrected chi connectivity index (χ2v) is 8.66. The Morgan fingerprint density at radius 2 is 1.70 bits per heavy atom. The van der Waals surface area contributed by atoms with Crippen LogP contribution in [0.4, 0.5) is 5.82 Å². The average molecular weight is 565 g/mol. The molecule has 0 atom stereocenters. The van der Waals surface area contributed by atoms with Crippen molar-refractivity contribution in [1.82, 2.24) is 20.1 Å². The molecule has 1 aromatic carbocycles. The number of hydrogen-bond donors (Lipinski definition) is 2. The fourth-order valence-corrected chi connectivity index (χ4v) is 4.37. The lowest BCUT2D eigenvalue weighted by Gasteiger charge is -2.37. The van der Waals surface area contributed by atoms with Gasteiger partial charge in [0.05, 0.1) is 12.6 Å². The van der Waals surface area contributed by atoms with E-state index in [1.165, 1.54) is 11.1 Å². The molecular weight excluding hydrogens is 527 g/mol. The number of pyridine rings is 1. The number of aliphatic hydroxyl groups is 1. The van der Waals surface area contributed by atoms with Crippen LogP contribution in [0.25, 0.3) is 0 Å². The van der Waals surface area contributed by atoms with Gasteiger partial charge in [-0.05, 0) is 43.0 Å². The molecule has 2 aliphatic rings. The van der Waals surface area contributed by atoms with Gasteiger partial charge >= 0.3 is 0 Å². The smallest absolute Gasteiger partial charge is 0.194 e. The molecule has 0 bridgehead atoms. The number of benzene rings is 1. The highest BCUT2D eigenvalue weighted by Crippen LogP contribution is 2.15. The maximum absolute atomic E-state index is 9.68. The van der Waals surface area contributed by atoms with Crippen molar-refractivity contribution in [3.63, 3.8) is 0 Å². The number of rotatable bonds is 6. The Balaban J connectivity index is 0.00000306. The van der Waals surface area contributed by atoms with Crippen LogP contribution in [-0.2, 0) is 13.1 Å². The van der Waals surface area contributed by atoms with Crippen LogP contribution in [0, 0.1) is 0 Å². The maximum atomic E-state index is 9.68. The molecule has 0 unspecified atom stereocenters. The van der Waals surface area contributed by atoms with E-state index in [0.29, 0.717) is 6.54 Å². The maximum Gasteiger partial charge on any atom is 0.194 e. The van der Waals surface area contributed by atoms with Gasteiger partial charge in [-0.3, -0.25) is 4.90 Å². The molecule has 0 amide bonds. The van der Waals surface area contributed by atoms with Crippen LogP contribution in [0.2, 0.25) is 0 Å². The third-order valence-electron chi connectivity index (χ3n) is 6.29. The Labute approximate surface area is 214 Å². The van der Waals surface area contributed by atoms with Gasteiger partial charge in [0, 0.05) is 58.6 Å². The van der Waals surface area contributed by atoms with Crippen LogP contribution >= 0.6 is 24.0 Å². The van der Waals surface area contributed by atoms with Gasteiger partial charge in [0.2, 0.25) is 0 Å². The van der Waals surface area contributed by atoms with Crippen molar-refractivity contribution in [3.05, 3.63) is 59.8 Å². The molecule has 4 rings (SSSR count). The SMILES string of the molecule is CCNC(=NCc1ccc(CN2CCC(O)CC2)cc1)N1CCN(c2ccccn2)CC1.I. The lowest BCUT2D eigenvalue weighted by atomic mass is 10.1. The fraction of sp³-hybridized carbons (Fsp3) is 0.520. The molecule has 1 aromatic heterocycles. The second kappa shape index (κ2) is 13.1. The minimum Gasteiger partial charge on any atom is -0.393 e. The Hall–Kier alpha value is -1.91. The molecule has 0 spiro atoms. The van der Waals surface area contributed by atoms with Gasteiger partial charge in [-0.2, -0.15) is 0 Å². The van der Waals surface area contributed by atoms with E-state index in [2.05, 4.69) is 62.3 Å². The van der Waals surface area contributed by atoms with Crippen molar-refractivity contribution in [1.29, 1.82) is 0 Å². The van der Waals surface area contributed by atoms with E-state index in [9.17, 15) is 5.11 Å². The summed E-state index contributed by atoms with van der Waals surface area (Å²) in [7, 11) is 0. The van der Waals surface area contributed by atoms with Crippen molar-refractivity contribution < 1.29 is 5.11 Å². The van der Waals surface area contributed by atoms with Crippen LogP contribution in [0.5, 0.6) is 0 Å². The van der Waals surface area contributed by atoms with E-state index in [4.69, 9.17) is 4.99 Å². The first kappa shape index (κ1) is 25.7. The summed E-state index contributed by atoms with van der Waals surface area (Å²) in [6.45, 7) is 10.3. The fourth-order valence-electron chi connectivity index (χ4n) is 4.37. The Morgan fingerprint density at radius 1 is 1.00 bits per heavy atom. The minimum absolute atomic E-state index is 0. The van der Waals surface area contributed by atoms with E-state index in [-0.39, 0.29) is 30.1 Å². The van der Waals surface area contributed by atoms with Gasteiger partial charge in [0.15, 0.2) is 5.96 Å². The molecule has 7 nitrogen and oxygen atoms in total. The number of piperidine rings is 1. The molecule has 2 N–H and O–H groups in total. The minimum atomic E-state index is -0.115. The topological polar surface area (TPSA) is 67.2 Å². The summed E-state index contributed by atoms with van der Waals surface area (Å²) in [5.74, 6) is 2.04. The first-order valence-corrected chi connectivity index (χ1v) is 11.9. The number of aliphatic imine (C=N–C) groups is 1. The molecule has 3 heterocycles. The summed E-state index contributed by atoms with van der Waals surface area (Å²) < 4.78 is 0. The van der Waals surface area contributed by atoms with Crippen LogP contribution < -0.4 is 10.2 Å². The number of aromatic nitrogens is 1. The third kappa shape index (κ3) is 7.55. The number of hydrogen-bond acceptors (Lipinski definition) is 5. The summed E-state index contributed by atoms with van der Waals surface area (Å²) in [6.07, 6.45) is 3.51. The highest BCUT2D eigenvalue weighted by atomic mass is 127. The largest absolute Gasteiger partial charge is 0.393 e. The standard InChI is InChI=1S/C25H36N6O.HI/c1-2-26-25(31-17-15-30(16-18-31)24-5-3-4-12-27-24)28-19-21-6-8-22(9-7-21)20-29-13-10-23(32)11-14-29;/h3-9,12,23,32H,2,10-11,13-20H2,1H3,(H,26,28);1H. The van der Waals surface area contributed by atoms with Gasteiger partial charge in [-0.15, -0.1) is 24.0 Å². The van der Waals surface area contributed by atoms with Crippen LogP contribution in [0.1, 0.15) is 30.9 Å². The summed E-state index contributed by atoms with van der Waals surface area (Å²) in [5.41, 5.74) is 2.55. The number of likely N-dealkylation sites (tertiary alicyclic amines) is 1. The molecule has 180 valence electrons. The first-order chi connectivity index (χ1) is 15.7. The number of guanidine groups is 1. The van der Waals surface area contributed by atoms with Gasteiger partial charge in [-0.1, -0.05) is 30.3 Å². The van der Waals surface area contributed by atoms with Crippen LogP contribution in [0.3, 0.4) is 0 Å². The molecule has 8 heteroatoms. The van der Waals surface area contributed by atoms with Crippen molar-refractivity contribution in [2.24, 2.45) is 4.99 Å². The van der Waals surface area contributed by atoms with E-state index < -0.39 is 0 Å². The van der Waals surface area contributed by atoms with Crippen molar-refractivity contribution in [2.75, 3.05) is 50.7 Å². The van der Waals surface area contributed by atoms with E-state index >= 15 is 0 Å². The van der Waals surface area contributed by atoms with Crippen molar-refractivity contribution >= 4 is 35.8 Å². The van der Waals surface area contributed by atoms with E-state index in [1.807, 2.05) is 18.3 Å². The predicted molar refractivity (Wildman–Crippen MR) is 145 cm³/mol. The highest BCUT2D eigenvalue weighted by molar-refractivity contribution is 14.0. The summed E-state index contributed by atoms with van der Waals surface area (Å²) >= 11 is 0. The van der Waals surface area contributed by atoms with Crippen molar-refractivity contribution in [2.45, 2.75) is 39.0 Å². The quantitative estimate of drug-likeness (QED) is 0.320. The van der Waals surface area contributed by atoms with Crippen LogP contribution in [0.15, 0.2) is 53.7 Å². The number of halogens is 1. The Kier molecular flexibility index (Phi) is 10.2. The Morgan fingerprint density at radius 3 is 2.33 bits per heavy atom. The molecule has 33 heavy (non-hydrogen) atoms. The molecule has 0 radical (unpaired) electrons. The average Bonchev–Trinajstić information content (AvgIpc) is 2.85. The number of anilines is 1. The molecule has 2 fully saturated rings. The summed E-state index contributed by atoms with van der Waals surface area (Å²) in [5, 5.41) is 13.1. The number of nitrogens with zero attached hydrogens (tertiary/aromatic N) is 5. The zero-order valence-corrected chi connectivity index (χ0v) is 21.9. The third-order valence-corrected chi connectivity index (χ3v) is 6.29. The molecular formula is C25H37IN6O. The molecule has 2 saturated heterocycles. The number of aliphatic hydroxyl groups excluding tert-OH is 1. The number of piperazine rings is 1. The summed E-state index contributed by atoms with van der Waals surface area (Å²) in [4.78, 5) is 16.5. The highest BCUT2D eigenvalue weighted by Gasteiger charge is 2.20. The van der Waals surface area contributed by atoms with Gasteiger partial charge in [0.25, 0.3) is 0 Å². The normalized spacial score (nSPS) is 18.2. The lowest BCUT2D eigenvalue weighted by molar-refractivity contribution is 0.0792. The molecule has 0 saturated carbocycles. The van der Waals surface area contributed by atoms with E-state index in [0.717, 1.165) is 77.0 Å². The van der Waals surface area contributed by atoms with Crippen LogP contribution in [-0.4, -0.2) is 77.8 Å². The van der Waals surface area contributed by atoms with Gasteiger partial charge < -0.3 is 20.2 Å². The monoisotopic (exact) mass is 564 g/mol. The zero-order valence-electron chi connectivity index (χ0n) is 19.6. The van der Waals surface area contributed by atoms with Crippen molar-refractivity contribution in [3.8, 4) is 0 Å². The molecule has 2 aromatic rings. The molecule has 0 aliphatic carbocycles. The second-order valence-electron chi connectivity index (χ2n) is 8.66. The molecule has 2 aliphatic heterocycles. The van der Waals surface area contributed by atoms with Gasteiger partial charge in [0.1, 0.15) is 5.82 Å². The lowest BCUT2D eigenvalue weighted by Crippen LogP contribution is -2.52. The first-order valence-electron chi connectivity index (χ1n) is 11.9. The van der Waals surface area contributed by atoms with Gasteiger partial charge in [-0.25, -0.2) is 9.98 Å². The predicted octanol–water partition coefficient (Wildman–Crippen LogP) is 2.94. The Bertz CT molecular complexity index is 847. The zero-order chi connectivity index (χ0) is 22.2. The van der Waals surface area contributed by atoms with E-state index in [1.54, 1.807) is 0 Å². The summed E-state index contributed by atoms with van der Waals surface area (Å²) in [6, 6.07) is 14.9. The number of nitrogens with one attached hydrogen (secondary N) is 1.